The Kier molecular flexibility index (Phi) is 6.12. The van der Waals surface area contributed by atoms with Crippen molar-refractivity contribution in [2.45, 2.75) is 44.4 Å². The van der Waals surface area contributed by atoms with Gasteiger partial charge < -0.3 is 0 Å². The van der Waals surface area contributed by atoms with Crippen molar-refractivity contribution in [3.8, 4) is 0 Å². The number of aryl methyl sites for hydroxylation is 1. The second kappa shape index (κ2) is 7.90. The Labute approximate surface area is 144 Å². The fourth-order valence-electron chi connectivity index (χ4n) is 2.72. The van der Waals surface area contributed by atoms with Crippen LogP contribution in [0.1, 0.15) is 38.2 Å². The van der Waals surface area contributed by atoms with Gasteiger partial charge in [0.1, 0.15) is 0 Å². The fourth-order valence-corrected chi connectivity index (χ4v) is 3.84. The highest BCUT2D eigenvalue weighted by atomic mass is 32.2. The molecule has 1 aromatic rings. The van der Waals surface area contributed by atoms with E-state index in [0.29, 0.717) is 5.92 Å². The number of nitrogens with one attached hydrogen (secondary N) is 1. The maximum absolute atomic E-state index is 12.4. The number of hydrogen-bond donors (Lipinski definition) is 1. The quantitative estimate of drug-likeness (QED) is 0.827. The van der Waals surface area contributed by atoms with E-state index >= 15 is 0 Å². The highest BCUT2D eigenvalue weighted by Crippen LogP contribution is 2.21. The second-order valence-electron chi connectivity index (χ2n) is 6.49. The molecule has 0 aliphatic heterocycles. The summed E-state index contributed by atoms with van der Waals surface area (Å²) in [6.45, 7) is 3.79. The number of hydrazone groups is 1. The molecule has 132 valence electrons. The Balaban J connectivity index is 1.95. The molecule has 0 heterocycles. The van der Waals surface area contributed by atoms with Gasteiger partial charge >= 0.3 is 0 Å². The lowest BCUT2D eigenvalue weighted by Crippen LogP contribution is -2.37. The number of carbonyl (C=O) groups excluding carboxylic acids is 1. The van der Waals surface area contributed by atoms with E-state index in [2.05, 4.69) is 17.5 Å². The third-order valence-electron chi connectivity index (χ3n) is 4.18. The van der Waals surface area contributed by atoms with Crippen molar-refractivity contribution in [3.63, 3.8) is 0 Å². The van der Waals surface area contributed by atoms with Crippen molar-refractivity contribution >= 4 is 21.6 Å². The number of likely N-dealkylation sites (N-methyl/N-ethyl adjacent to an activating group) is 1. The van der Waals surface area contributed by atoms with E-state index in [1.807, 2.05) is 6.92 Å². The summed E-state index contributed by atoms with van der Waals surface area (Å²) >= 11 is 0. The number of rotatable bonds is 5. The molecule has 7 heteroatoms. The monoisotopic (exact) mass is 351 g/mol. The summed E-state index contributed by atoms with van der Waals surface area (Å²) in [4.78, 5) is 12.2. The summed E-state index contributed by atoms with van der Waals surface area (Å²) in [6, 6.07) is 6.56. The molecule has 0 radical (unpaired) electrons. The summed E-state index contributed by atoms with van der Waals surface area (Å²) in [7, 11) is -2.29. The first-order valence-electron chi connectivity index (χ1n) is 8.16. The molecular weight excluding hydrogens is 326 g/mol. The zero-order valence-corrected chi connectivity index (χ0v) is 15.3. The second-order valence-corrected chi connectivity index (χ2v) is 8.53. The average Bonchev–Trinajstić information content (AvgIpc) is 2.53. The van der Waals surface area contributed by atoms with Crippen LogP contribution in [-0.2, 0) is 14.8 Å². The summed E-state index contributed by atoms with van der Waals surface area (Å²) in [5.74, 6) is 0.151. The standard InChI is InChI=1S/C17H25N3O3S/c1-13-7-9-16(10-8-13)24(22,23)20(3)12-17(21)19-18-15-6-4-5-14(2)11-15/h7-10,14H,4-6,11-12H2,1-3H3,(H,19,21)/b18-15-/t14-/m1/s1. The molecule has 1 fully saturated rings. The average molecular weight is 351 g/mol. The molecular formula is C17H25N3O3S. The molecule has 0 spiro atoms. The SMILES string of the molecule is Cc1ccc(S(=O)(=O)N(C)CC(=O)N/N=C2/CCC[C@@H](C)C2)cc1. The molecule has 0 aromatic heterocycles. The summed E-state index contributed by atoms with van der Waals surface area (Å²) < 4.78 is 25.9. The van der Waals surface area contributed by atoms with Gasteiger partial charge in [-0.25, -0.2) is 13.8 Å². The lowest BCUT2D eigenvalue weighted by atomic mass is 9.89. The third kappa shape index (κ3) is 4.88. The largest absolute Gasteiger partial charge is 0.272 e. The molecule has 0 bridgehead atoms. The van der Waals surface area contributed by atoms with Gasteiger partial charge in [-0.15, -0.1) is 0 Å². The zero-order valence-electron chi connectivity index (χ0n) is 14.4. The van der Waals surface area contributed by atoms with Gasteiger partial charge in [0.15, 0.2) is 0 Å². The lowest BCUT2D eigenvalue weighted by Gasteiger charge is -2.19. The van der Waals surface area contributed by atoms with Gasteiger partial charge in [0, 0.05) is 12.8 Å². The van der Waals surface area contributed by atoms with Crippen LogP contribution in [0, 0.1) is 12.8 Å². The Morgan fingerprint density at radius 2 is 2.00 bits per heavy atom. The van der Waals surface area contributed by atoms with Crippen LogP contribution < -0.4 is 5.43 Å². The van der Waals surface area contributed by atoms with E-state index in [0.717, 1.165) is 34.8 Å². The Morgan fingerprint density at radius 1 is 1.33 bits per heavy atom. The van der Waals surface area contributed by atoms with Crippen LogP contribution in [0.4, 0.5) is 0 Å². The van der Waals surface area contributed by atoms with Gasteiger partial charge in [-0.1, -0.05) is 24.6 Å². The Hall–Kier alpha value is -1.73. The third-order valence-corrected chi connectivity index (χ3v) is 6.00. The molecule has 1 saturated carbocycles. The molecule has 1 aliphatic carbocycles. The van der Waals surface area contributed by atoms with Crippen molar-refractivity contribution in [1.29, 1.82) is 0 Å². The first-order valence-corrected chi connectivity index (χ1v) is 9.60. The van der Waals surface area contributed by atoms with Crippen molar-refractivity contribution in [1.82, 2.24) is 9.73 Å². The Morgan fingerprint density at radius 3 is 2.62 bits per heavy atom. The maximum Gasteiger partial charge on any atom is 0.255 e. The minimum atomic E-state index is -3.68. The van der Waals surface area contributed by atoms with Gasteiger partial charge in [0.05, 0.1) is 11.4 Å². The minimum absolute atomic E-state index is 0.177. The van der Waals surface area contributed by atoms with E-state index in [4.69, 9.17) is 0 Å². The summed E-state index contributed by atoms with van der Waals surface area (Å²) in [5.41, 5.74) is 4.44. The van der Waals surface area contributed by atoms with Crippen LogP contribution in [0.3, 0.4) is 0 Å². The molecule has 1 amide bonds. The van der Waals surface area contributed by atoms with Gasteiger partial charge in [0.25, 0.3) is 5.91 Å². The van der Waals surface area contributed by atoms with Crippen LogP contribution in [0.25, 0.3) is 0 Å². The number of benzene rings is 1. The van der Waals surface area contributed by atoms with E-state index < -0.39 is 15.9 Å². The van der Waals surface area contributed by atoms with Gasteiger partial charge in [-0.05, 0) is 50.7 Å². The highest BCUT2D eigenvalue weighted by Gasteiger charge is 2.23. The lowest BCUT2D eigenvalue weighted by molar-refractivity contribution is -0.121. The van der Waals surface area contributed by atoms with Crippen molar-refractivity contribution in [2.75, 3.05) is 13.6 Å². The molecule has 6 nitrogen and oxygen atoms in total. The topological polar surface area (TPSA) is 78.8 Å². The van der Waals surface area contributed by atoms with Crippen LogP contribution in [-0.4, -0.2) is 37.9 Å². The highest BCUT2D eigenvalue weighted by molar-refractivity contribution is 7.89. The normalized spacial score (nSPS) is 20.3. The summed E-state index contributed by atoms with van der Waals surface area (Å²) in [5, 5.41) is 4.15. The number of sulfonamides is 1. The molecule has 0 unspecified atom stereocenters. The predicted octanol–water partition coefficient (Wildman–Crippen LogP) is 2.30. The predicted molar refractivity (Wildman–Crippen MR) is 94.2 cm³/mol. The molecule has 1 N–H and O–H groups in total. The van der Waals surface area contributed by atoms with Crippen molar-refractivity contribution in [2.24, 2.45) is 11.0 Å². The fraction of sp³-hybridized carbons (Fsp3) is 0.529. The minimum Gasteiger partial charge on any atom is -0.272 e. The van der Waals surface area contributed by atoms with Crippen LogP contribution in [0.15, 0.2) is 34.3 Å². The zero-order chi connectivity index (χ0) is 17.7. The molecule has 1 atom stereocenters. The maximum atomic E-state index is 12.4. The number of carbonyl (C=O) groups is 1. The van der Waals surface area contributed by atoms with Gasteiger partial charge in [-0.3, -0.25) is 4.79 Å². The summed E-state index contributed by atoms with van der Waals surface area (Å²) in [6.07, 6.45) is 4.04. The first-order chi connectivity index (χ1) is 11.3. The van der Waals surface area contributed by atoms with E-state index in [1.165, 1.54) is 13.5 Å². The van der Waals surface area contributed by atoms with Crippen LogP contribution in [0.5, 0.6) is 0 Å². The molecule has 1 aromatic carbocycles. The van der Waals surface area contributed by atoms with Crippen molar-refractivity contribution in [3.05, 3.63) is 29.8 Å². The number of amides is 1. The van der Waals surface area contributed by atoms with Crippen molar-refractivity contribution < 1.29 is 13.2 Å². The molecule has 0 saturated heterocycles. The molecule has 24 heavy (non-hydrogen) atoms. The van der Waals surface area contributed by atoms with Gasteiger partial charge in [0.2, 0.25) is 10.0 Å². The molecule has 1 aliphatic rings. The van der Waals surface area contributed by atoms with Gasteiger partial charge in [-0.2, -0.15) is 9.41 Å². The number of hydrogen-bond acceptors (Lipinski definition) is 4. The number of nitrogens with zero attached hydrogens (tertiary/aromatic N) is 2. The van der Waals surface area contributed by atoms with E-state index in [-0.39, 0.29) is 11.4 Å². The first kappa shape index (κ1) is 18.6. The Bertz CT molecular complexity index is 711. The molecule has 2 rings (SSSR count). The van der Waals surface area contributed by atoms with Crippen LogP contribution in [0.2, 0.25) is 0 Å². The van der Waals surface area contributed by atoms with E-state index in [9.17, 15) is 13.2 Å². The van der Waals surface area contributed by atoms with Crippen LogP contribution >= 0.6 is 0 Å². The van der Waals surface area contributed by atoms with E-state index in [1.54, 1.807) is 24.3 Å². The smallest absolute Gasteiger partial charge is 0.255 e.